The molecule has 0 fully saturated rings. The third-order valence-electron chi connectivity index (χ3n) is 3.28. The second-order valence-electron chi connectivity index (χ2n) is 4.92. The van der Waals surface area contributed by atoms with E-state index in [2.05, 4.69) is 28.0 Å². The van der Waals surface area contributed by atoms with Crippen LogP contribution in [-0.2, 0) is 13.6 Å². The Morgan fingerprint density at radius 3 is 2.86 bits per heavy atom. The molecule has 0 aliphatic carbocycles. The molecule has 21 heavy (non-hydrogen) atoms. The van der Waals surface area contributed by atoms with Gasteiger partial charge < -0.3 is 16.0 Å². The predicted molar refractivity (Wildman–Crippen MR) is 83.0 cm³/mol. The van der Waals surface area contributed by atoms with Crippen molar-refractivity contribution in [2.45, 2.75) is 19.5 Å². The fraction of sp³-hybridized carbons (Fsp3) is 0.333. The smallest absolute Gasteiger partial charge is 0.319 e. The number of aryl methyl sites for hydroxylation is 1. The Kier molecular flexibility index (Phi) is 4.94. The molecule has 1 atom stereocenters. The highest BCUT2D eigenvalue weighted by atomic mass is 16.2. The first-order valence-corrected chi connectivity index (χ1v) is 6.89. The van der Waals surface area contributed by atoms with Gasteiger partial charge in [-0.25, -0.2) is 4.79 Å². The Hall–Kier alpha value is -2.34. The van der Waals surface area contributed by atoms with Crippen LogP contribution in [0.1, 0.15) is 24.2 Å². The summed E-state index contributed by atoms with van der Waals surface area (Å²) in [6.45, 7) is 2.47. The largest absolute Gasteiger partial charge is 0.332 e. The van der Waals surface area contributed by atoms with Crippen LogP contribution in [0.4, 0.5) is 10.5 Å². The van der Waals surface area contributed by atoms with Crippen LogP contribution in [0.3, 0.4) is 0 Å². The summed E-state index contributed by atoms with van der Waals surface area (Å²) >= 11 is 0. The maximum absolute atomic E-state index is 11.9. The van der Waals surface area contributed by atoms with Crippen molar-refractivity contribution in [2.24, 2.45) is 7.05 Å². The molecule has 0 bridgehead atoms. The molecule has 0 saturated carbocycles. The summed E-state index contributed by atoms with van der Waals surface area (Å²) in [5.74, 6) is 0. The Bertz CT molecular complexity index is 608. The van der Waals surface area contributed by atoms with Gasteiger partial charge in [0.1, 0.15) is 0 Å². The van der Waals surface area contributed by atoms with Crippen LogP contribution in [0.15, 0.2) is 36.5 Å². The van der Waals surface area contributed by atoms with E-state index in [-0.39, 0.29) is 12.1 Å². The maximum atomic E-state index is 11.9. The van der Waals surface area contributed by atoms with E-state index >= 15 is 0 Å². The zero-order chi connectivity index (χ0) is 15.2. The maximum Gasteiger partial charge on any atom is 0.319 e. The Morgan fingerprint density at radius 1 is 1.38 bits per heavy atom. The lowest BCUT2D eigenvalue weighted by Crippen LogP contribution is -2.28. The van der Waals surface area contributed by atoms with E-state index in [0.29, 0.717) is 6.54 Å². The number of aromatic nitrogens is 2. The normalized spacial score (nSPS) is 12.0. The Morgan fingerprint density at radius 2 is 2.19 bits per heavy atom. The van der Waals surface area contributed by atoms with Gasteiger partial charge in [0.15, 0.2) is 0 Å². The molecule has 1 unspecified atom stereocenters. The van der Waals surface area contributed by atoms with E-state index in [0.717, 1.165) is 16.9 Å². The van der Waals surface area contributed by atoms with Crippen molar-refractivity contribution in [3.63, 3.8) is 0 Å². The molecule has 6 heteroatoms. The molecule has 0 radical (unpaired) electrons. The standard InChI is InChI=1S/C15H21N5O/c1-11(16-2)12-5-4-6-13(9-12)18-15(21)17-10-14-7-8-20(3)19-14/h4-9,11,16H,10H2,1-3H3,(H2,17,18,21). The second-order valence-corrected chi connectivity index (χ2v) is 4.92. The lowest BCUT2D eigenvalue weighted by atomic mass is 10.1. The van der Waals surface area contributed by atoms with Crippen molar-refractivity contribution < 1.29 is 4.79 Å². The van der Waals surface area contributed by atoms with Crippen LogP contribution in [0, 0.1) is 0 Å². The molecule has 1 aromatic carbocycles. The van der Waals surface area contributed by atoms with Crippen LogP contribution in [0.25, 0.3) is 0 Å². The lowest BCUT2D eigenvalue weighted by molar-refractivity contribution is 0.251. The quantitative estimate of drug-likeness (QED) is 0.788. The van der Waals surface area contributed by atoms with Crippen molar-refractivity contribution in [1.82, 2.24) is 20.4 Å². The highest BCUT2D eigenvalue weighted by molar-refractivity contribution is 5.89. The summed E-state index contributed by atoms with van der Waals surface area (Å²) in [6.07, 6.45) is 1.84. The molecular formula is C15H21N5O. The number of amides is 2. The minimum absolute atomic E-state index is 0.239. The summed E-state index contributed by atoms with van der Waals surface area (Å²) in [7, 11) is 3.75. The van der Waals surface area contributed by atoms with Gasteiger partial charge in [-0.3, -0.25) is 4.68 Å². The number of benzene rings is 1. The number of carbonyl (C=O) groups excluding carboxylic acids is 1. The third kappa shape index (κ3) is 4.32. The van der Waals surface area contributed by atoms with Crippen molar-refractivity contribution in [3.05, 3.63) is 47.8 Å². The summed E-state index contributed by atoms with van der Waals surface area (Å²) in [6, 6.07) is 9.65. The number of urea groups is 1. The zero-order valence-corrected chi connectivity index (χ0v) is 12.6. The van der Waals surface area contributed by atoms with Gasteiger partial charge in [-0.1, -0.05) is 12.1 Å². The van der Waals surface area contributed by atoms with Crippen molar-refractivity contribution >= 4 is 11.7 Å². The molecule has 2 rings (SSSR count). The minimum atomic E-state index is -0.241. The first-order valence-electron chi connectivity index (χ1n) is 6.89. The van der Waals surface area contributed by atoms with Gasteiger partial charge in [-0.2, -0.15) is 5.10 Å². The van der Waals surface area contributed by atoms with E-state index in [1.807, 2.05) is 50.6 Å². The molecule has 2 aromatic rings. The molecule has 3 N–H and O–H groups in total. The van der Waals surface area contributed by atoms with Crippen molar-refractivity contribution in [3.8, 4) is 0 Å². The molecule has 112 valence electrons. The molecule has 6 nitrogen and oxygen atoms in total. The SMILES string of the molecule is CNC(C)c1cccc(NC(=O)NCc2ccn(C)n2)c1. The van der Waals surface area contributed by atoms with E-state index in [9.17, 15) is 4.79 Å². The topological polar surface area (TPSA) is 71.0 Å². The molecular weight excluding hydrogens is 266 g/mol. The van der Waals surface area contributed by atoms with Gasteiger partial charge in [-0.05, 0) is 37.7 Å². The number of nitrogens with zero attached hydrogens (tertiary/aromatic N) is 2. The summed E-state index contributed by atoms with van der Waals surface area (Å²) in [4.78, 5) is 11.9. The fourth-order valence-corrected chi connectivity index (χ4v) is 1.96. The van der Waals surface area contributed by atoms with Crippen LogP contribution >= 0.6 is 0 Å². The van der Waals surface area contributed by atoms with Gasteiger partial charge in [0.25, 0.3) is 0 Å². The average Bonchev–Trinajstić information content (AvgIpc) is 2.90. The van der Waals surface area contributed by atoms with E-state index in [4.69, 9.17) is 0 Å². The summed E-state index contributed by atoms with van der Waals surface area (Å²) in [5.41, 5.74) is 2.72. The molecule has 0 saturated heterocycles. The number of carbonyl (C=O) groups is 1. The van der Waals surface area contributed by atoms with Crippen LogP contribution < -0.4 is 16.0 Å². The fourth-order valence-electron chi connectivity index (χ4n) is 1.96. The average molecular weight is 287 g/mol. The number of hydrogen-bond acceptors (Lipinski definition) is 3. The van der Waals surface area contributed by atoms with Crippen molar-refractivity contribution in [1.29, 1.82) is 0 Å². The molecule has 1 heterocycles. The van der Waals surface area contributed by atoms with E-state index in [1.165, 1.54) is 0 Å². The Balaban J connectivity index is 1.90. The minimum Gasteiger partial charge on any atom is -0.332 e. The first-order chi connectivity index (χ1) is 10.1. The second kappa shape index (κ2) is 6.90. The molecule has 0 aliphatic rings. The van der Waals surface area contributed by atoms with Crippen LogP contribution in [-0.4, -0.2) is 22.9 Å². The monoisotopic (exact) mass is 287 g/mol. The molecule has 1 aromatic heterocycles. The van der Waals surface area contributed by atoms with Crippen LogP contribution in [0.2, 0.25) is 0 Å². The van der Waals surface area contributed by atoms with Gasteiger partial charge in [0.2, 0.25) is 0 Å². The van der Waals surface area contributed by atoms with Gasteiger partial charge in [-0.15, -0.1) is 0 Å². The summed E-state index contributed by atoms with van der Waals surface area (Å²) < 4.78 is 1.71. The highest BCUT2D eigenvalue weighted by Gasteiger charge is 2.06. The van der Waals surface area contributed by atoms with Gasteiger partial charge in [0.05, 0.1) is 12.2 Å². The highest BCUT2D eigenvalue weighted by Crippen LogP contribution is 2.16. The molecule has 0 aliphatic heterocycles. The van der Waals surface area contributed by atoms with Crippen molar-refractivity contribution in [2.75, 3.05) is 12.4 Å². The van der Waals surface area contributed by atoms with E-state index < -0.39 is 0 Å². The number of rotatable bonds is 5. The van der Waals surface area contributed by atoms with Gasteiger partial charge >= 0.3 is 6.03 Å². The zero-order valence-electron chi connectivity index (χ0n) is 12.6. The third-order valence-corrected chi connectivity index (χ3v) is 3.28. The predicted octanol–water partition coefficient (Wildman–Crippen LogP) is 2.02. The van der Waals surface area contributed by atoms with Crippen LogP contribution in [0.5, 0.6) is 0 Å². The Labute approximate surface area is 124 Å². The number of nitrogens with one attached hydrogen (secondary N) is 3. The number of anilines is 1. The van der Waals surface area contributed by atoms with E-state index in [1.54, 1.807) is 4.68 Å². The molecule has 0 spiro atoms. The number of hydrogen-bond donors (Lipinski definition) is 3. The van der Waals surface area contributed by atoms with Gasteiger partial charge in [0, 0.05) is 25.0 Å². The molecule has 2 amide bonds. The first kappa shape index (κ1) is 15.1. The summed E-state index contributed by atoms with van der Waals surface area (Å²) in [5, 5.41) is 13.0. The lowest BCUT2D eigenvalue weighted by Gasteiger charge is -2.12.